The van der Waals surface area contributed by atoms with E-state index in [1.165, 1.54) is 13.1 Å². The summed E-state index contributed by atoms with van der Waals surface area (Å²) >= 11 is 0. The van der Waals surface area contributed by atoms with Crippen molar-refractivity contribution in [3.05, 3.63) is 41.5 Å². The number of benzene rings is 1. The molecule has 0 unspecified atom stereocenters. The van der Waals surface area contributed by atoms with E-state index in [0.717, 1.165) is 16.0 Å². The normalized spacial score (nSPS) is 14.0. The highest BCUT2D eigenvalue weighted by molar-refractivity contribution is 5.82. The van der Waals surface area contributed by atoms with Gasteiger partial charge in [-0.1, -0.05) is 42.0 Å². The van der Waals surface area contributed by atoms with E-state index in [4.69, 9.17) is 9.47 Å². The van der Waals surface area contributed by atoms with Crippen molar-refractivity contribution < 1.29 is 24.2 Å². The Bertz CT molecular complexity index is 631. The Balaban J connectivity index is 2.98. The van der Waals surface area contributed by atoms with Crippen LogP contribution in [0.4, 0.5) is 4.79 Å². The number of carbonyl (C=O) groups is 2. The van der Waals surface area contributed by atoms with Gasteiger partial charge in [-0.15, -0.1) is 0 Å². The zero-order valence-electron chi connectivity index (χ0n) is 16.4. The molecule has 1 amide bonds. The minimum atomic E-state index is -1.24. The van der Waals surface area contributed by atoms with Crippen LogP contribution in [0.2, 0.25) is 0 Å². The molecule has 0 fully saturated rings. The standard InChI is InChI=1S/C20H29NO5/c1-7-25-18(23)17(21(6)19(24)26-20(3,4)5)16(22)13-12-15-10-8-14(2)9-11-15/h8-13,16-17,22H,7H2,1-6H3/b13-12+/t16-,17-/m0/s1. The molecule has 1 N–H and O–H groups in total. The predicted octanol–water partition coefficient (Wildman–Crippen LogP) is 3.17. The summed E-state index contributed by atoms with van der Waals surface area (Å²) < 4.78 is 10.3. The van der Waals surface area contributed by atoms with Gasteiger partial charge in [0.1, 0.15) is 11.7 Å². The van der Waals surface area contributed by atoms with Crippen LogP contribution >= 0.6 is 0 Å². The molecule has 0 heterocycles. The van der Waals surface area contributed by atoms with E-state index in [2.05, 4.69) is 0 Å². The van der Waals surface area contributed by atoms with Crippen molar-refractivity contribution in [1.29, 1.82) is 0 Å². The van der Waals surface area contributed by atoms with Crippen LogP contribution < -0.4 is 0 Å². The first-order chi connectivity index (χ1) is 12.0. The SMILES string of the molecule is CCOC(=O)[C@H]([C@@H](O)/C=C/c1ccc(C)cc1)N(C)C(=O)OC(C)(C)C. The molecule has 0 radical (unpaired) electrons. The van der Waals surface area contributed by atoms with Gasteiger partial charge in [0.2, 0.25) is 0 Å². The Morgan fingerprint density at radius 3 is 2.31 bits per heavy atom. The molecule has 0 bridgehead atoms. The smallest absolute Gasteiger partial charge is 0.410 e. The fourth-order valence-electron chi connectivity index (χ4n) is 2.19. The quantitative estimate of drug-likeness (QED) is 0.786. The fourth-order valence-corrected chi connectivity index (χ4v) is 2.19. The highest BCUT2D eigenvalue weighted by Gasteiger charge is 2.35. The lowest BCUT2D eigenvalue weighted by molar-refractivity contribution is -0.152. The van der Waals surface area contributed by atoms with Gasteiger partial charge in [0, 0.05) is 7.05 Å². The molecule has 0 spiro atoms. The monoisotopic (exact) mass is 363 g/mol. The number of aliphatic hydroxyl groups is 1. The summed E-state index contributed by atoms with van der Waals surface area (Å²) in [6.45, 7) is 8.97. The first-order valence-corrected chi connectivity index (χ1v) is 8.60. The summed E-state index contributed by atoms with van der Waals surface area (Å²) in [4.78, 5) is 25.6. The molecule has 1 aromatic carbocycles. The number of esters is 1. The Morgan fingerprint density at radius 2 is 1.81 bits per heavy atom. The average molecular weight is 363 g/mol. The minimum absolute atomic E-state index is 0.145. The molecule has 0 aliphatic rings. The summed E-state index contributed by atoms with van der Waals surface area (Å²) in [6, 6.07) is 6.49. The second-order valence-corrected chi connectivity index (χ2v) is 7.05. The van der Waals surface area contributed by atoms with Crippen LogP contribution in [0.3, 0.4) is 0 Å². The second kappa shape index (κ2) is 9.38. The second-order valence-electron chi connectivity index (χ2n) is 7.05. The maximum absolute atomic E-state index is 12.3. The van der Waals surface area contributed by atoms with E-state index in [1.54, 1.807) is 33.8 Å². The number of hydrogen-bond donors (Lipinski definition) is 1. The van der Waals surface area contributed by atoms with Crippen LogP contribution in [0.1, 0.15) is 38.8 Å². The Hall–Kier alpha value is -2.34. The van der Waals surface area contributed by atoms with E-state index >= 15 is 0 Å². The van der Waals surface area contributed by atoms with Gasteiger partial charge in [-0.25, -0.2) is 9.59 Å². The molecule has 0 aliphatic heterocycles. The Kier molecular flexibility index (Phi) is 7.83. The molecule has 1 aromatic rings. The van der Waals surface area contributed by atoms with Crippen molar-refractivity contribution in [1.82, 2.24) is 4.90 Å². The molecule has 1 rings (SSSR count). The first-order valence-electron chi connectivity index (χ1n) is 8.60. The molecule has 0 saturated carbocycles. The van der Waals surface area contributed by atoms with E-state index in [0.29, 0.717) is 0 Å². The van der Waals surface area contributed by atoms with Crippen molar-refractivity contribution in [3.63, 3.8) is 0 Å². The number of likely N-dealkylation sites (N-methyl/N-ethyl adjacent to an activating group) is 1. The van der Waals surface area contributed by atoms with Gasteiger partial charge in [-0.3, -0.25) is 4.90 Å². The summed E-state index contributed by atoms with van der Waals surface area (Å²) in [6.07, 6.45) is 1.21. The van der Waals surface area contributed by atoms with Gasteiger partial charge in [0.25, 0.3) is 0 Å². The van der Waals surface area contributed by atoms with Crippen LogP contribution in [0.15, 0.2) is 30.3 Å². The van der Waals surface area contributed by atoms with Gasteiger partial charge in [0.15, 0.2) is 6.04 Å². The number of aliphatic hydroxyl groups excluding tert-OH is 1. The van der Waals surface area contributed by atoms with E-state index < -0.39 is 29.8 Å². The Morgan fingerprint density at radius 1 is 1.23 bits per heavy atom. The van der Waals surface area contributed by atoms with Gasteiger partial charge in [-0.05, 0) is 40.2 Å². The molecule has 0 aliphatic carbocycles. The molecule has 144 valence electrons. The van der Waals surface area contributed by atoms with Gasteiger partial charge in [-0.2, -0.15) is 0 Å². The highest BCUT2D eigenvalue weighted by atomic mass is 16.6. The van der Waals surface area contributed by atoms with Crippen molar-refractivity contribution in [2.45, 2.75) is 52.4 Å². The molecular formula is C20H29NO5. The van der Waals surface area contributed by atoms with E-state index in [1.807, 2.05) is 31.2 Å². The van der Waals surface area contributed by atoms with Crippen molar-refractivity contribution >= 4 is 18.1 Å². The number of amides is 1. The average Bonchev–Trinajstić information content (AvgIpc) is 2.53. The predicted molar refractivity (Wildman–Crippen MR) is 101 cm³/mol. The molecule has 6 nitrogen and oxygen atoms in total. The van der Waals surface area contributed by atoms with Crippen LogP contribution in [0.5, 0.6) is 0 Å². The van der Waals surface area contributed by atoms with Crippen molar-refractivity contribution in [2.75, 3.05) is 13.7 Å². The summed E-state index contributed by atoms with van der Waals surface area (Å²) in [7, 11) is 1.40. The third-order valence-corrected chi connectivity index (χ3v) is 3.51. The first kappa shape index (κ1) is 21.7. The lowest BCUT2D eigenvalue weighted by Gasteiger charge is -2.31. The third kappa shape index (κ3) is 6.88. The Labute approximate surface area is 155 Å². The van der Waals surface area contributed by atoms with Gasteiger partial charge in [0.05, 0.1) is 6.61 Å². The topological polar surface area (TPSA) is 76.1 Å². The van der Waals surface area contributed by atoms with Crippen molar-refractivity contribution in [2.24, 2.45) is 0 Å². The molecule has 6 heteroatoms. The van der Waals surface area contributed by atoms with Gasteiger partial charge >= 0.3 is 12.1 Å². The summed E-state index contributed by atoms with van der Waals surface area (Å²) in [5, 5.41) is 10.5. The lowest BCUT2D eigenvalue weighted by Crippen LogP contribution is -2.51. The fraction of sp³-hybridized carbons (Fsp3) is 0.500. The maximum atomic E-state index is 12.3. The molecular weight excluding hydrogens is 334 g/mol. The molecule has 0 aromatic heterocycles. The number of carbonyl (C=O) groups excluding carboxylic acids is 2. The summed E-state index contributed by atoms with van der Waals surface area (Å²) in [5.74, 6) is -0.693. The zero-order valence-corrected chi connectivity index (χ0v) is 16.4. The van der Waals surface area contributed by atoms with Crippen LogP contribution in [0.25, 0.3) is 6.08 Å². The summed E-state index contributed by atoms with van der Waals surface area (Å²) in [5.41, 5.74) is 1.28. The van der Waals surface area contributed by atoms with Crippen LogP contribution in [-0.2, 0) is 14.3 Å². The number of nitrogens with zero attached hydrogens (tertiary/aromatic N) is 1. The highest BCUT2D eigenvalue weighted by Crippen LogP contribution is 2.15. The molecule has 26 heavy (non-hydrogen) atoms. The van der Waals surface area contributed by atoms with Crippen LogP contribution in [0, 0.1) is 6.92 Å². The van der Waals surface area contributed by atoms with E-state index in [9.17, 15) is 14.7 Å². The minimum Gasteiger partial charge on any atom is -0.464 e. The zero-order chi connectivity index (χ0) is 19.9. The molecule has 0 saturated heterocycles. The number of rotatable bonds is 6. The van der Waals surface area contributed by atoms with Crippen molar-refractivity contribution in [3.8, 4) is 0 Å². The number of hydrogen-bond acceptors (Lipinski definition) is 5. The third-order valence-electron chi connectivity index (χ3n) is 3.51. The lowest BCUT2D eigenvalue weighted by atomic mass is 10.1. The number of aryl methyl sites for hydroxylation is 1. The van der Waals surface area contributed by atoms with Crippen LogP contribution in [-0.4, -0.2) is 53.5 Å². The maximum Gasteiger partial charge on any atom is 0.410 e. The number of ether oxygens (including phenoxy) is 2. The molecule has 2 atom stereocenters. The van der Waals surface area contributed by atoms with Gasteiger partial charge < -0.3 is 14.6 Å². The van der Waals surface area contributed by atoms with E-state index in [-0.39, 0.29) is 6.61 Å². The largest absolute Gasteiger partial charge is 0.464 e.